The van der Waals surface area contributed by atoms with E-state index in [2.05, 4.69) is 32.9 Å². The number of carbonyl (C=O) groups excluding carboxylic acids is 1. The van der Waals surface area contributed by atoms with E-state index in [0.717, 1.165) is 15.8 Å². The van der Waals surface area contributed by atoms with Gasteiger partial charge in [-0.2, -0.15) is 0 Å². The van der Waals surface area contributed by atoms with Gasteiger partial charge in [-0.15, -0.1) is 0 Å². The quantitative estimate of drug-likeness (QED) is 0.435. The maximum Gasteiger partial charge on any atom is 0.258 e. The number of nitrogens with zero attached hydrogens (tertiary/aromatic N) is 2. The fourth-order valence-corrected chi connectivity index (χ4v) is 3.88. The number of imidazole rings is 1. The summed E-state index contributed by atoms with van der Waals surface area (Å²) in [7, 11) is 0. The first-order valence-electron chi connectivity index (χ1n) is 6.80. The van der Waals surface area contributed by atoms with Crippen LogP contribution in [0.1, 0.15) is 21.7 Å². The first kappa shape index (κ1) is 16.5. The van der Waals surface area contributed by atoms with Crippen LogP contribution in [0.25, 0.3) is 5.65 Å². The zero-order valence-corrected chi connectivity index (χ0v) is 15.8. The molecule has 0 aliphatic rings. The van der Waals surface area contributed by atoms with Crippen LogP contribution in [0.4, 0.5) is 5.69 Å². The Labute approximate surface area is 157 Å². The second kappa shape index (κ2) is 6.67. The number of rotatable bonds is 3. The van der Waals surface area contributed by atoms with Gasteiger partial charge in [-0.05, 0) is 31.2 Å². The number of hydrogen-bond donors (Lipinski definition) is 1. The zero-order chi connectivity index (χ0) is 16.6. The van der Waals surface area contributed by atoms with E-state index in [9.17, 15) is 4.79 Å². The Kier molecular flexibility index (Phi) is 4.79. The summed E-state index contributed by atoms with van der Waals surface area (Å²) in [5.74, 6) is -0.356. The Hall–Kier alpha value is -1.31. The van der Waals surface area contributed by atoms with Gasteiger partial charge in [-0.1, -0.05) is 51.9 Å². The second-order valence-corrected chi connectivity index (χ2v) is 6.52. The fourth-order valence-electron chi connectivity index (χ4n) is 2.39. The number of halogens is 3. The van der Waals surface area contributed by atoms with Crippen molar-refractivity contribution in [1.82, 2.24) is 9.38 Å². The molecule has 0 aliphatic carbocycles. The first-order valence-corrected chi connectivity index (χ1v) is 9.09. The fraction of sp³-hybridized carbons (Fsp3) is 0.125. The topological polar surface area (TPSA) is 46.4 Å². The molecule has 23 heavy (non-hydrogen) atoms. The number of aromatic nitrogens is 2. The Bertz CT molecular complexity index is 887. The number of aryl methyl sites for hydroxylation is 1. The van der Waals surface area contributed by atoms with E-state index in [1.807, 2.05) is 23.6 Å². The van der Waals surface area contributed by atoms with E-state index in [1.54, 1.807) is 24.3 Å². The molecule has 0 aliphatic heterocycles. The molecule has 1 amide bonds. The average Bonchev–Trinajstić information content (AvgIpc) is 2.83. The molecule has 0 radical (unpaired) electrons. The number of pyridine rings is 1. The summed E-state index contributed by atoms with van der Waals surface area (Å²) < 4.78 is 2.81. The van der Waals surface area contributed by atoms with Gasteiger partial charge < -0.3 is 9.72 Å². The van der Waals surface area contributed by atoms with Crippen LogP contribution in [0.15, 0.2) is 36.5 Å². The molecule has 3 rings (SSSR count). The van der Waals surface area contributed by atoms with E-state index in [0.29, 0.717) is 21.4 Å². The molecule has 0 fully saturated rings. The van der Waals surface area contributed by atoms with Gasteiger partial charge in [-0.3, -0.25) is 4.79 Å². The Morgan fingerprint density at radius 1 is 1.26 bits per heavy atom. The van der Waals surface area contributed by atoms with E-state index >= 15 is 0 Å². The lowest BCUT2D eigenvalue weighted by Gasteiger charge is -2.09. The van der Waals surface area contributed by atoms with E-state index in [1.165, 1.54) is 0 Å². The summed E-state index contributed by atoms with van der Waals surface area (Å²) in [6.07, 6.45) is 1.93. The highest BCUT2D eigenvalue weighted by molar-refractivity contribution is 14.1. The molecule has 118 valence electrons. The van der Waals surface area contributed by atoms with Gasteiger partial charge in [0.1, 0.15) is 0 Å². The summed E-state index contributed by atoms with van der Waals surface area (Å²) in [5.41, 5.74) is 3.63. The summed E-state index contributed by atoms with van der Waals surface area (Å²) >= 11 is 14.5. The molecule has 3 aromatic rings. The molecule has 4 nitrogen and oxygen atoms in total. The monoisotopic (exact) mass is 459 g/mol. The third kappa shape index (κ3) is 3.05. The normalized spacial score (nSPS) is 11.0. The molecule has 2 aromatic heterocycles. The molecule has 0 bridgehead atoms. The summed E-state index contributed by atoms with van der Waals surface area (Å²) in [6.45, 7) is 1.96. The van der Waals surface area contributed by atoms with Crippen molar-refractivity contribution < 1.29 is 4.79 Å². The van der Waals surface area contributed by atoms with Crippen molar-refractivity contribution in [3.63, 3.8) is 0 Å². The molecule has 1 aromatic carbocycles. The zero-order valence-electron chi connectivity index (χ0n) is 12.1. The number of nitrogens with one attached hydrogen (secondary N) is 1. The van der Waals surface area contributed by atoms with E-state index < -0.39 is 0 Å². The number of fused-ring (bicyclic) bond motifs is 1. The number of alkyl halides is 1. The van der Waals surface area contributed by atoms with Crippen LogP contribution in [0, 0.1) is 6.92 Å². The minimum absolute atomic E-state index is 0.259. The number of amides is 1. The van der Waals surface area contributed by atoms with Crippen molar-refractivity contribution >= 4 is 63.0 Å². The SMILES string of the molecule is Cc1nc2c(NC(=O)c3c(Cl)cccc3Cl)cccn2c1CI. The van der Waals surface area contributed by atoms with Gasteiger partial charge in [0.2, 0.25) is 0 Å². The molecule has 0 spiro atoms. The maximum atomic E-state index is 12.5. The summed E-state index contributed by atoms with van der Waals surface area (Å²) in [4.78, 5) is 17.1. The van der Waals surface area contributed by atoms with Gasteiger partial charge in [-0.25, -0.2) is 4.98 Å². The van der Waals surface area contributed by atoms with Crippen LogP contribution in [-0.4, -0.2) is 15.3 Å². The van der Waals surface area contributed by atoms with Gasteiger partial charge in [0, 0.05) is 10.6 Å². The van der Waals surface area contributed by atoms with Crippen molar-refractivity contribution in [2.45, 2.75) is 11.4 Å². The molecular formula is C16H12Cl2IN3O. The van der Waals surface area contributed by atoms with Crippen molar-refractivity contribution in [3.8, 4) is 0 Å². The highest BCUT2D eigenvalue weighted by Gasteiger charge is 2.17. The van der Waals surface area contributed by atoms with Crippen LogP contribution in [0.3, 0.4) is 0 Å². The standard InChI is InChI=1S/C16H12Cl2IN3O/c1-9-13(8-19)22-7-3-6-12(15(22)20-9)21-16(23)14-10(17)4-2-5-11(14)18/h2-7H,8H2,1H3,(H,21,23). The number of benzene rings is 1. The third-order valence-corrected chi connectivity index (χ3v) is 4.87. The highest BCUT2D eigenvalue weighted by Crippen LogP contribution is 2.27. The molecule has 0 saturated heterocycles. The lowest BCUT2D eigenvalue weighted by Crippen LogP contribution is -2.14. The average molecular weight is 460 g/mol. The Morgan fingerprint density at radius 3 is 2.61 bits per heavy atom. The van der Waals surface area contributed by atoms with Crippen LogP contribution >= 0.6 is 45.8 Å². The first-order chi connectivity index (χ1) is 11.0. The van der Waals surface area contributed by atoms with E-state index in [-0.39, 0.29) is 11.5 Å². The second-order valence-electron chi connectivity index (χ2n) is 4.94. The lowest BCUT2D eigenvalue weighted by atomic mass is 10.2. The van der Waals surface area contributed by atoms with Gasteiger partial charge >= 0.3 is 0 Å². The van der Waals surface area contributed by atoms with Crippen molar-refractivity contribution in [2.24, 2.45) is 0 Å². The van der Waals surface area contributed by atoms with Crippen LogP contribution in [-0.2, 0) is 4.43 Å². The van der Waals surface area contributed by atoms with Gasteiger partial charge in [0.15, 0.2) is 5.65 Å². The number of carbonyl (C=O) groups is 1. The third-order valence-electron chi connectivity index (χ3n) is 3.51. The van der Waals surface area contributed by atoms with Gasteiger partial charge in [0.05, 0.1) is 32.7 Å². The van der Waals surface area contributed by atoms with Crippen LogP contribution in [0.5, 0.6) is 0 Å². The summed E-state index contributed by atoms with van der Waals surface area (Å²) in [6, 6.07) is 8.65. The van der Waals surface area contributed by atoms with Crippen LogP contribution < -0.4 is 5.32 Å². The largest absolute Gasteiger partial charge is 0.319 e. The molecular weight excluding hydrogens is 448 g/mol. The lowest BCUT2D eigenvalue weighted by molar-refractivity contribution is 0.102. The maximum absolute atomic E-state index is 12.5. The number of hydrogen-bond acceptors (Lipinski definition) is 2. The Morgan fingerprint density at radius 2 is 1.96 bits per heavy atom. The molecule has 0 atom stereocenters. The summed E-state index contributed by atoms with van der Waals surface area (Å²) in [5, 5.41) is 3.48. The molecule has 0 saturated carbocycles. The minimum Gasteiger partial charge on any atom is -0.319 e. The van der Waals surface area contributed by atoms with Crippen molar-refractivity contribution in [2.75, 3.05) is 5.32 Å². The minimum atomic E-state index is -0.356. The van der Waals surface area contributed by atoms with Gasteiger partial charge in [0.25, 0.3) is 5.91 Å². The molecule has 0 unspecified atom stereocenters. The van der Waals surface area contributed by atoms with E-state index in [4.69, 9.17) is 23.2 Å². The Balaban J connectivity index is 2.04. The predicted molar refractivity (Wildman–Crippen MR) is 102 cm³/mol. The predicted octanol–water partition coefficient (Wildman–Crippen LogP) is 5.14. The molecule has 7 heteroatoms. The number of anilines is 1. The van der Waals surface area contributed by atoms with Crippen LogP contribution in [0.2, 0.25) is 10.0 Å². The highest BCUT2D eigenvalue weighted by atomic mass is 127. The molecule has 1 N–H and O–H groups in total. The van der Waals surface area contributed by atoms with Crippen molar-refractivity contribution in [3.05, 3.63) is 63.5 Å². The molecule has 2 heterocycles. The van der Waals surface area contributed by atoms with Crippen molar-refractivity contribution in [1.29, 1.82) is 0 Å². The smallest absolute Gasteiger partial charge is 0.258 e.